The molecule has 21 heavy (non-hydrogen) atoms. The first-order valence-electron chi connectivity index (χ1n) is 7.35. The molecule has 0 spiro atoms. The van der Waals surface area contributed by atoms with Crippen molar-refractivity contribution in [3.8, 4) is 0 Å². The van der Waals surface area contributed by atoms with Gasteiger partial charge in [0.2, 0.25) is 0 Å². The van der Waals surface area contributed by atoms with Gasteiger partial charge < -0.3 is 10.6 Å². The molecule has 0 aliphatic carbocycles. The van der Waals surface area contributed by atoms with E-state index in [2.05, 4.69) is 66.4 Å². The summed E-state index contributed by atoms with van der Waals surface area (Å²) < 4.78 is 0. The monoisotopic (exact) mass is 276 g/mol. The van der Waals surface area contributed by atoms with Crippen LogP contribution in [-0.4, -0.2) is 6.54 Å². The lowest BCUT2D eigenvalue weighted by Crippen LogP contribution is -2.22. The van der Waals surface area contributed by atoms with Gasteiger partial charge in [0.1, 0.15) is 0 Å². The number of rotatable bonds is 4. The number of nitrogens with zero attached hydrogens (tertiary/aromatic N) is 1. The second kappa shape index (κ2) is 5.88. The van der Waals surface area contributed by atoms with Gasteiger partial charge in [0.15, 0.2) is 0 Å². The summed E-state index contributed by atoms with van der Waals surface area (Å²) in [5.74, 6) is 0. The number of benzene rings is 3. The van der Waals surface area contributed by atoms with Crippen LogP contribution in [-0.2, 0) is 6.54 Å². The van der Waals surface area contributed by atoms with Crippen molar-refractivity contribution in [1.82, 2.24) is 0 Å². The van der Waals surface area contributed by atoms with Gasteiger partial charge in [0.05, 0.1) is 0 Å². The highest BCUT2D eigenvalue weighted by molar-refractivity contribution is 5.94. The molecule has 0 atom stereocenters. The Morgan fingerprint density at radius 2 is 1.57 bits per heavy atom. The summed E-state index contributed by atoms with van der Waals surface area (Å²) in [4.78, 5) is 2.40. The first-order valence-corrected chi connectivity index (χ1v) is 7.35. The second-order valence-corrected chi connectivity index (χ2v) is 5.25. The largest absolute Gasteiger partial charge is 0.399 e. The fourth-order valence-electron chi connectivity index (χ4n) is 2.69. The molecular formula is C19H20N2. The van der Waals surface area contributed by atoms with E-state index in [0.717, 1.165) is 18.8 Å². The molecule has 0 heterocycles. The zero-order valence-electron chi connectivity index (χ0n) is 12.3. The Morgan fingerprint density at radius 3 is 2.33 bits per heavy atom. The summed E-state index contributed by atoms with van der Waals surface area (Å²) >= 11 is 0. The summed E-state index contributed by atoms with van der Waals surface area (Å²) in [6.07, 6.45) is 0. The highest BCUT2D eigenvalue weighted by Gasteiger charge is 2.08. The molecule has 0 aliphatic heterocycles. The highest BCUT2D eigenvalue weighted by Crippen LogP contribution is 2.27. The fraction of sp³-hybridized carbons (Fsp3) is 0.158. The van der Waals surface area contributed by atoms with Crippen molar-refractivity contribution in [2.45, 2.75) is 13.5 Å². The van der Waals surface area contributed by atoms with Crippen LogP contribution in [0.1, 0.15) is 12.5 Å². The van der Waals surface area contributed by atoms with E-state index < -0.39 is 0 Å². The molecule has 0 radical (unpaired) electrons. The van der Waals surface area contributed by atoms with Crippen molar-refractivity contribution in [2.75, 3.05) is 17.2 Å². The maximum atomic E-state index is 5.76. The van der Waals surface area contributed by atoms with Crippen molar-refractivity contribution < 1.29 is 0 Å². The molecule has 3 rings (SSSR count). The Labute approximate surface area is 125 Å². The summed E-state index contributed by atoms with van der Waals surface area (Å²) in [5, 5.41) is 2.59. The first-order chi connectivity index (χ1) is 10.3. The molecular weight excluding hydrogens is 256 g/mol. The minimum absolute atomic E-state index is 0.812. The number of hydrogen-bond donors (Lipinski definition) is 1. The Bertz CT molecular complexity index is 727. The SMILES string of the molecule is CCN(Cc1ccc(N)cc1)c1cccc2ccccc12. The number of nitrogens with two attached hydrogens (primary N) is 1. The van der Waals surface area contributed by atoms with Crippen molar-refractivity contribution in [2.24, 2.45) is 0 Å². The van der Waals surface area contributed by atoms with Crippen LogP contribution < -0.4 is 10.6 Å². The maximum Gasteiger partial charge on any atom is 0.0448 e. The molecule has 0 saturated heterocycles. The third-order valence-corrected chi connectivity index (χ3v) is 3.84. The van der Waals surface area contributed by atoms with Gasteiger partial charge in [-0.15, -0.1) is 0 Å². The quantitative estimate of drug-likeness (QED) is 0.713. The average Bonchev–Trinajstić information content (AvgIpc) is 2.54. The highest BCUT2D eigenvalue weighted by atomic mass is 15.1. The van der Waals surface area contributed by atoms with Gasteiger partial charge in [0, 0.05) is 29.9 Å². The Kier molecular flexibility index (Phi) is 3.78. The van der Waals surface area contributed by atoms with Crippen molar-refractivity contribution in [1.29, 1.82) is 0 Å². The Morgan fingerprint density at radius 1 is 0.857 bits per heavy atom. The third kappa shape index (κ3) is 2.84. The number of hydrogen-bond acceptors (Lipinski definition) is 2. The molecule has 0 aromatic heterocycles. The minimum atomic E-state index is 0.812. The molecule has 0 amide bonds. The third-order valence-electron chi connectivity index (χ3n) is 3.84. The molecule has 0 fully saturated rings. The summed E-state index contributed by atoms with van der Waals surface area (Å²) in [6.45, 7) is 4.06. The lowest BCUT2D eigenvalue weighted by Gasteiger charge is -2.25. The number of anilines is 2. The molecule has 2 nitrogen and oxygen atoms in total. The van der Waals surface area contributed by atoms with Crippen LogP contribution >= 0.6 is 0 Å². The molecule has 0 unspecified atom stereocenters. The predicted octanol–water partition coefficient (Wildman–Crippen LogP) is 4.45. The van der Waals surface area contributed by atoms with Crippen LogP contribution in [0.15, 0.2) is 66.7 Å². The van der Waals surface area contributed by atoms with Gasteiger partial charge in [-0.05, 0) is 36.1 Å². The molecule has 106 valence electrons. The van der Waals surface area contributed by atoms with Gasteiger partial charge >= 0.3 is 0 Å². The van der Waals surface area contributed by atoms with E-state index in [4.69, 9.17) is 5.73 Å². The zero-order valence-corrected chi connectivity index (χ0v) is 12.3. The van der Waals surface area contributed by atoms with Gasteiger partial charge in [0.25, 0.3) is 0 Å². The van der Waals surface area contributed by atoms with Crippen LogP contribution in [0.4, 0.5) is 11.4 Å². The molecule has 3 aromatic carbocycles. The van der Waals surface area contributed by atoms with E-state index in [0.29, 0.717) is 0 Å². The Hall–Kier alpha value is -2.48. The van der Waals surface area contributed by atoms with Gasteiger partial charge in [-0.25, -0.2) is 0 Å². The summed E-state index contributed by atoms with van der Waals surface area (Å²) in [7, 11) is 0. The first kappa shape index (κ1) is 13.5. The van der Waals surface area contributed by atoms with E-state index in [1.54, 1.807) is 0 Å². The lowest BCUT2D eigenvalue weighted by molar-refractivity contribution is 0.836. The van der Waals surface area contributed by atoms with Crippen molar-refractivity contribution in [3.63, 3.8) is 0 Å². The van der Waals surface area contributed by atoms with Crippen LogP contribution in [0.3, 0.4) is 0 Å². The van der Waals surface area contributed by atoms with E-state index in [1.165, 1.54) is 22.0 Å². The topological polar surface area (TPSA) is 29.3 Å². The van der Waals surface area contributed by atoms with E-state index in [9.17, 15) is 0 Å². The lowest BCUT2D eigenvalue weighted by atomic mass is 10.1. The fourth-order valence-corrected chi connectivity index (χ4v) is 2.69. The normalized spacial score (nSPS) is 10.7. The molecule has 3 aromatic rings. The molecule has 0 aliphatic rings. The van der Waals surface area contributed by atoms with Crippen molar-refractivity contribution in [3.05, 3.63) is 72.3 Å². The molecule has 2 heteroatoms. The smallest absolute Gasteiger partial charge is 0.0448 e. The Balaban J connectivity index is 1.96. The molecule has 0 saturated carbocycles. The van der Waals surface area contributed by atoms with Crippen LogP contribution in [0, 0.1) is 0 Å². The molecule has 2 N–H and O–H groups in total. The van der Waals surface area contributed by atoms with E-state index in [-0.39, 0.29) is 0 Å². The van der Waals surface area contributed by atoms with Crippen LogP contribution in [0.2, 0.25) is 0 Å². The summed E-state index contributed by atoms with van der Waals surface area (Å²) in [6, 6.07) is 23.2. The maximum absolute atomic E-state index is 5.76. The summed E-state index contributed by atoms with van der Waals surface area (Å²) in [5.41, 5.74) is 9.14. The predicted molar refractivity (Wildman–Crippen MR) is 91.5 cm³/mol. The van der Waals surface area contributed by atoms with Gasteiger partial charge in [-0.1, -0.05) is 48.5 Å². The van der Waals surface area contributed by atoms with Crippen LogP contribution in [0.25, 0.3) is 10.8 Å². The standard InChI is InChI=1S/C19H20N2/c1-2-21(14-15-10-12-17(20)13-11-15)19-9-5-7-16-6-3-4-8-18(16)19/h3-13H,2,14,20H2,1H3. The van der Waals surface area contributed by atoms with Crippen molar-refractivity contribution >= 4 is 22.1 Å². The van der Waals surface area contributed by atoms with Crippen LogP contribution in [0.5, 0.6) is 0 Å². The van der Waals surface area contributed by atoms with Gasteiger partial charge in [-0.2, -0.15) is 0 Å². The minimum Gasteiger partial charge on any atom is -0.399 e. The molecule has 0 bridgehead atoms. The number of fused-ring (bicyclic) bond motifs is 1. The van der Waals surface area contributed by atoms with E-state index in [1.807, 2.05) is 12.1 Å². The van der Waals surface area contributed by atoms with E-state index >= 15 is 0 Å². The average molecular weight is 276 g/mol. The van der Waals surface area contributed by atoms with Gasteiger partial charge in [-0.3, -0.25) is 0 Å². The second-order valence-electron chi connectivity index (χ2n) is 5.25. The zero-order chi connectivity index (χ0) is 14.7. The number of nitrogen functional groups attached to an aromatic ring is 1.